The van der Waals surface area contributed by atoms with Gasteiger partial charge in [-0.25, -0.2) is 4.98 Å². The maximum atomic E-state index is 5.17. The molecule has 0 amide bonds. The Bertz CT molecular complexity index is 390. The summed E-state index contributed by atoms with van der Waals surface area (Å²) in [6, 6.07) is 0.874. The van der Waals surface area contributed by atoms with E-state index >= 15 is 0 Å². The summed E-state index contributed by atoms with van der Waals surface area (Å²) in [5, 5.41) is 3.44. The minimum atomic E-state index is 0.284. The van der Waals surface area contributed by atoms with Gasteiger partial charge in [0.2, 0.25) is 5.95 Å². The van der Waals surface area contributed by atoms with Crippen molar-refractivity contribution in [2.24, 2.45) is 5.41 Å². The van der Waals surface area contributed by atoms with Gasteiger partial charge >= 0.3 is 0 Å². The fraction of sp³-hybridized carbons (Fsp3) is 0.800. The normalized spacial score (nSPS) is 21.3. The quantitative estimate of drug-likeness (QED) is 0.886. The van der Waals surface area contributed by atoms with Crippen molar-refractivity contribution in [1.29, 1.82) is 0 Å². The second-order valence-electron chi connectivity index (χ2n) is 6.55. The number of nitrogens with one attached hydrogen (secondary N) is 1. The van der Waals surface area contributed by atoms with Crippen molar-refractivity contribution < 1.29 is 4.74 Å². The molecule has 1 atom stereocenters. The smallest absolute Gasteiger partial charge is 0.203 e. The average molecular weight is 265 g/mol. The highest BCUT2D eigenvalue weighted by molar-refractivity contribution is 5.28. The van der Waals surface area contributed by atoms with Crippen molar-refractivity contribution in [3.8, 4) is 0 Å². The molecule has 0 spiro atoms. The zero-order valence-corrected chi connectivity index (χ0v) is 12.6. The molecule has 1 N–H and O–H groups in total. The lowest BCUT2D eigenvalue weighted by atomic mass is 9.75. The van der Waals surface area contributed by atoms with E-state index in [2.05, 4.69) is 41.8 Å². The van der Waals surface area contributed by atoms with Gasteiger partial charge in [-0.2, -0.15) is 0 Å². The minimum Gasteiger partial charge on any atom is -0.383 e. The van der Waals surface area contributed by atoms with E-state index < -0.39 is 0 Å². The van der Waals surface area contributed by atoms with Crippen LogP contribution >= 0.6 is 0 Å². The zero-order chi connectivity index (χ0) is 13.9. The van der Waals surface area contributed by atoms with Crippen LogP contribution in [0.25, 0.3) is 0 Å². The van der Waals surface area contributed by atoms with Crippen LogP contribution in [0, 0.1) is 5.41 Å². The largest absolute Gasteiger partial charge is 0.383 e. The summed E-state index contributed by atoms with van der Waals surface area (Å²) in [6.45, 7) is 7.56. The summed E-state index contributed by atoms with van der Waals surface area (Å²) in [7, 11) is 1.73. The summed E-state index contributed by atoms with van der Waals surface area (Å²) in [5.74, 6) is 0.981. The van der Waals surface area contributed by atoms with E-state index in [1.54, 1.807) is 7.11 Å². The zero-order valence-electron chi connectivity index (χ0n) is 12.6. The van der Waals surface area contributed by atoms with E-state index in [0.29, 0.717) is 18.1 Å². The van der Waals surface area contributed by atoms with Crippen molar-refractivity contribution in [2.75, 3.05) is 19.0 Å². The topological polar surface area (TPSA) is 39.1 Å². The van der Waals surface area contributed by atoms with Gasteiger partial charge < -0.3 is 14.6 Å². The van der Waals surface area contributed by atoms with E-state index in [9.17, 15) is 0 Å². The minimum absolute atomic E-state index is 0.284. The highest BCUT2D eigenvalue weighted by Gasteiger charge is 2.28. The summed E-state index contributed by atoms with van der Waals surface area (Å²) in [5.41, 5.74) is 0.508. The third-order valence-electron chi connectivity index (χ3n) is 4.16. The number of nitrogens with zero attached hydrogens (tertiary/aromatic N) is 2. The molecule has 4 nitrogen and oxygen atoms in total. The number of aromatic nitrogens is 2. The third kappa shape index (κ3) is 3.72. The Labute approximate surface area is 116 Å². The standard InChI is InChI=1S/C15H27N3O/c1-12(11-19-4)17-14-16-9-10-18(14)13-5-7-15(2,3)8-6-13/h9-10,12-13H,5-8,11H2,1-4H3,(H,16,17). The van der Waals surface area contributed by atoms with Gasteiger partial charge in [-0.1, -0.05) is 13.8 Å². The molecule has 0 saturated heterocycles. The number of hydrogen-bond acceptors (Lipinski definition) is 3. The van der Waals surface area contributed by atoms with Crippen LogP contribution in [-0.2, 0) is 4.74 Å². The molecule has 0 radical (unpaired) electrons. The van der Waals surface area contributed by atoms with Gasteiger partial charge in [0.05, 0.1) is 6.61 Å². The first-order valence-electron chi connectivity index (χ1n) is 7.30. The van der Waals surface area contributed by atoms with Crippen LogP contribution in [-0.4, -0.2) is 29.3 Å². The lowest BCUT2D eigenvalue weighted by molar-refractivity contribution is 0.187. The maximum Gasteiger partial charge on any atom is 0.203 e. The summed E-state index contributed by atoms with van der Waals surface area (Å²) in [6.07, 6.45) is 9.08. The lowest BCUT2D eigenvalue weighted by Crippen LogP contribution is -2.27. The van der Waals surface area contributed by atoms with Crippen LogP contribution in [0.15, 0.2) is 12.4 Å². The van der Waals surface area contributed by atoms with Gasteiger partial charge in [0.1, 0.15) is 0 Å². The Kier molecular flexibility index (Phi) is 4.50. The number of rotatable bonds is 5. The Morgan fingerprint density at radius 3 is 2.79 bits per heavy atom. The molecule has 108 valence electrons. The molecule has 1 heterocycles. The van der Waals surface area contributed by atoms with Gasteiger partial charge in [0.25, 0.3) is 0 Å². The average Bonchev–Trinajstić information content (AvgIpc) is 2.77. The van der Waals surface area contributed by atoms with Crippen LogP contribution in [0.1, 0.15) is 52.5 Å². The van der Waals surface area contributed by atoms with Crippen LogP contribution in [0.5, 0.6) is 0 Å². The van der Waals surface area contributed by atoms with Crippen molar-refractivity contribution in [3.05, 3.63) is 12.4 Å². The number of ether oxygens (including phenoxy) is 1. The fourth-order valence-electron chi connectivity index (χ4n) is 2.89. The molecule has 1 aliphatic carbocycles. The van der Waals surface area contributed by atoms with Gasteiger partial charge in [-0.3, -0.25) is 0 Å². The molecule has 4 heteroatoms. The number of hydrogen-bond donors (Lipinski definition) is 1. The molecule has 0 aliphatic heterocycles. The number of methoxy groups -OCH3 is 1. The second-order valence-corrected chi connectivity index (χ2v) is 6.55. The van der Waals surface area contributed by atoms with Gasteiger partial charge in [0, 0.05) is 31.6 Å². The molecule has 1 unspecified atom stereocenters. The van der Waals surface area contributed by atoms with Gasteiger partial charge in [-0.05, 0) is 38.0 Å². The van der Waals surface area contributed by atoms with Crippen molar-refractivity contribution >= 4 is 5.95 Å². The fourth-order valence-corrected chi connectivity index (χ4v) is 2.89. The van der Waals surface area contributed by atoms with Gasteiger partial charge in [0.15, 0.2) is 0 Å². The Balaban J connectivity index is 2.00. The highest BCUT2D eigenvalue weighted by atomic mass is 16.5. The van der Waals surface area contributed by atoms with E-state index in [1.807, 2.05) is 6.20 Å². The Morgan fingerprint density at radius 1 is 1.47 bits per heavy atom. The van der Waals surface area contributed by atoms with Crippen molar-refractivity contribution in [2.45, 2.75) is 58.5 Å². The van der Waals surface area contributed by atoms with Gasteiger partial charge in [-0.15, -0.1) is 0 Å². The lowest BCUT2D eigenvalue weighted by Gasteiger charge is -2.35. The van der Waals surface area contributed by atoms with E-state index in [1.165, 1.54) is 25.7 Å². The van der Waals surface area contributed by atoms with Crippen molar-refractivity contribution in [3.63, 3.8) is 0 Å². The van der Waals surface area contributed by atoms with Crippen LogP contribution < -0.4 is 5.32 Å². The van der Waals surface area contributed by atoms with Crippen LogP contribution in [0.4, 0.5) is 5.95 Å². The highest BCUT2D eigenvalue weighted by Crippen LogP contribution is 2.40. The molecule has 0 aromatic carbocycles. The molecule has 19 heavy (non-hydrogen) atoms. The number of imidazole rings is 1. The SMILES string of the molecule is COCC(C)Nc1nccn1C1CCC(C)(C)CC1. The van der Waals surface area contributed by atoms with Crippen LogP contribution in [0.2, 0.25) is 0 Å². The van der Waals surface area contributed by atoms with E-state index in [0.717, 1.165) is 5.95 Å². The molecular formula is C15H27N3O. The van der Waals surface area contributed by atoms with Crippen molar-refractivity contribution in [1.82, 2.24) is 9.55 Å². The summed E-state index contributed by atoms with van der Waals surface area (Å²) < 4.78 is 7.47. The first-order valence-corrected chi connectivity index (χ1v) is 7.30. The summed E-state index contributed by atoms with van der Waals surface area (Å²) >= 11 is 0. The molecule has 1 fully saturated rings. The predicted molar refractivity (Wildman–Crippen MR) is 78.5 cm³/mol. The molecule has 0 bridgehead atoms. The Morgan fingerprint density at radius 2 is 2.16 bits per heavy atom. The first kappa shape index (κ1) is 14.4. The molecule has 1 aromatic rings. The van der Waals surface area contributed by atoms with E-state index in [4.69, 9.17) is 4.74 Å². The molecule has 1 aromatic heterocycles. The predicted octanol–water partition coefficient (Wildman–Crippen LogP) is 3.47. The number of anilines is 1. The monoisotopic (exact) mass is 265 g/mol. The first-order chi connectivity index (χ1) is 9.02. The third-order valence-corrected chi connectivity index (χ3v) is 4.16. The van der Waals surface area contributed by atoms with E-state index in [-0.39, 0.29) is 6.04 Å². The second kappa shape index (κ2) is 5.95. The molecule has 1 saturated carbocycles. The molecule has 2 rings (SSSR count). The molecular weight excluding hydrogens is 238 g/mol. The molecule has 1 aliphatic rings. The Hall–Kier alpha value is -1.03. The van der Waals surface area contributed by atoms with Crippen LogP contribution in [0.3, 0.4) is 0 Å². The maximum absolute atomic E-state index is 5.17. The summed E-state index contributed by atoms with van der Waals surface area (Å²) in [4.78, 5) is 4.45.